The number of aromatic nitrogens is 6. The standard InChI is InChI=1S/C25H21ClN6O3/c26-18-5-6-30-14-27-21(22(30)8-18)3-4-23(33)17-9-28-32(11-17)13-19-12-31-10-16(15-1-2-15)7-20(25(34)35)24(31)29-19/h5-12,14-15H,1-4,13H2,(H,34,35). The smallest absolute Gasteiger partial charge is 0.339 e. The molecule has 0 aliphatic heterocycles. The van der Waals surface area contributed by atoms with Crippen molar-refractivity contribution in [3.05, 3.63) is 88.6 Å². The zero-order valence-electron chi connectivity index (χ0n) is 18.6. The van der Waals surface area contributed by atoms with Crippen LogP contribution in [0.4, 0.5) is 0 Å². The Bertz CT molecular complexity index is 1610. The molecule has 5 aromatic rings. The highest BCUT2D eigenvalue weighted by atomic mass is 35.5. The number of pyridine rings is 2. The molecule has 1 fully saturated rings. The van der Waals surface area contributed by atoms with Crippen molar-refractivity contribution in [1.82, 2.24) is 28.5 Å². The molecule has 1 aliphatic carbocycles. The molecule has 35 heavy (non-hydrogen) atoms. The summed E-state index contributed by atoms with van der Waals surface area (Å²) in [7, 11) is 0. The summed E-state index contributed by atoms with van der Waals surface area (Å²) in [5, 5.41) is 14.6. The lowest BCUT2D eigenvalue weighted by atomic mass is 10.1. The van der Waals surface area contributed by atoms with E-state index in [0.29, 0.717) is 47.2 Å². The molecule has 1 N–H and O–H groups in total. The number of imidazole rings is 2. The van der Waals surface area contributed by atoms with Gasteiger partial charge in [0.2, 0.25) is 0 Å². The first-order chi connectivity index (χ1) is 16.9. The van der Waals surface area contributed by atoms with Crippen molar-refractivity contribution in [1.29, 1.82) is 0 Å². The number of carbonyl (C=O) groups excluding carboxylic acids is 1. The minimum atomic E-state index is -0.991. The van der Waals surface area contributed by atoms with E-state index in [4.69, 9.17) is 11.6 Å². The first-order valence-corrected chi connectivity index (χ1v) is 11.7. The number of fused-ring (bicyclic) bond motifs is 2. The van der Waals surface area contributed by atoms with E-state index < -0.39 is 5.97 Å². The van der Waals surface area contributed by atoms with Gasteiger partial charge in [-0.2, -0.15) is 5.10 Å². The molecular weight excluding hydrogens is 468 g/mol. The van der Waals surface area contributed by atoms with Crippen molar-refractivity contribution in [2.45, 2.75) is 38.1 Å². The van der Waals surface area contributed by atoms with Crippen LogP contribution in [0, 0.1) is 0 Å². The van der Waals surface area contributed by atoms with Gasteiger partial charge in [-0.25, -0.2) is 14.8 Å². The maximum absolute atomic E-state index is 12.8. The third kappa shape index (κ3) is 4.19. The van der Waals surface area contributed by atoms with Crippen molar-refractivity contribution in [3.8, 4) is 0 Å². The van der Waals surface area contributed by atoms with Crippen molar-refractivity contribution < 1.29 is 14.7 Å². The number of ketones is 1. The molecule has 9 nitrogen and oxygen atoms in total. The van der Waals surface area contributed by atoms with Gasteiger partial charge < -0.3 is 13.9 Å². The Morgan fingerprint density at radius 2 is 2.00 bits per heavy atom. The average molecular weight is 489 g/mol. The molecule has 5 aromatic heterocycles. The number of carbonyl (C=O) groups is 2. The minimum Gasteiger partial charge on any atom is -0.478 e. The molecule has 0 amide bonds. The number of nitrogens with zero attached hydrogens (tertiary/aromatic N) is 6. The first-order valence-electron chi connectivity index (χ1n) is 11.4. The topological polar surface area (TPSA) is 107 Å². The van der Waals surface area contributed by atoms with Crippen LogP contribution in [0.2, 0.25) is 5.02 Å². The number of carboxylic acid groups (broad SMARTS) is 1. The highest BCUT2D eigenvalue weighted by molar-refractivity contribution is 6.30. The van der Waals surface area contributed by atoms with E-state index in [-0.39, 0.29) is 11.3 Å². The summed E-state index contributed by atoms with van der Waals surface area (Å²) < 4.78 is 5.30. The number of carboxylic acids is 1. The predicted octanol–water partition coefficient (Wildman–Crippen LogP) is 4.27. The van der Waals surface area contributed by atoms with Gasteiger partial charge in [-0.15, -0.1) is 0 Å². The van der Waals surface area contributed by atoms with Crippen molar-refractivity contribution in [2.75, 3.05) is 0 Å². The largest absolute Gasteiger partial charge is 0.478 e. The second-order valence-electron chi connectivity index (χ2n) is 8.91. The van der Waals surface area contributed by atoms with Crippen molar-refractivity contribution in [3.63, 3.8) is 0 Å². The van der Waals surface area contributed by atoms with E-state index in [1.165, 1.54) is 0 Å². The lowest BCUT2D eigenvalue weighted by Crippen LogP contribution is -2.03. The molecule has 0 atom stereocenters. The van der Waals surface area contributed by atoms with Gasteiger partial charge in [-0.3, -0.25) is 9.48 Å². The summed E-state index contributed by atoms with van der Waals surface area (Å²) in [6.07, 6.45) is 13.5. The number of aryl methyl sites for hydroxylation is 1. The highest BCUT2D eigenvalue weighted by Gasteiger charge is 2.26. The fourth-order valence-corrected chi connectivity index (χ4v) is 4.55. The molecule has 0 spiro atoms. The van der Waals surface area contributed by atoms with Crippen LogP contribution in [0.15, 0.2) is 55.5 Å². The summed E-state index contributed by atoms with van der Waals surface area (Å²) in [6.45, 7) is 0.330. The Morgan fingerprint density at radius 3 is 2.80 bits per heavy atom. The van der Waals surface area contributed by atoms with Crippen LogP contribution < -0.4 is 0 Å². The van der Waals surface area contributed by atoms with Gasteiger partial charge in [0.25, 0.3) is 0 Å². The molecule has 10 heteroatoms. The highest BCUT2D eigenvalue weighted by Crippen LogP contribution is 2.40. The lowest BCUT2D eigenvalue weighted by molar-refractivity contribution is 0.0698. The molecule has 1 saturated carbocycles. The van der Waals surface area contributed by atoms with E-state index >= 15 is 0 Å². The van der Waals surface area contributed by atoms with Crippen LogP contribution in [0.1, 0.15) is 62.8 Å². The van der Waals surface area contributed by atoms with Crippen LogP contribution in [-0.2, 0) is 13.0 Å². The third-order valence-corrected chi connectivity index (χ3v) is 6.59. The minimum absolute atomic E-state index is 0.0309. The molecule has 0 aromatic carbocycles. The molecule has 0 radical (unpaired) electrons. The molecule has 6 rings (SSSR count). The van der Waals surface area contributed by atoms with E-state index in [2.05, 4.69) is 15.1 Å². The van der Waals surface area contributed by atoms with Gasteiger partial charge in [0.05, 0.1) is 41.5 Å². The molecule has 0 unspecified atom stereocenters. The summed E-state index contributed by atoms with van der Waals surface area (Å²) in [4.78, 5) is 33.5. The van der Waals surface area contributed by atoms with Gasteiger partial charge in [-0.1, -0.05) is 11.6 Å². The van der Waals surface area contributed by atoms with Gasteiger partial charge >= 0.3 is 5.97 Å². The van der Waals surface area contributed by atoms with E-state index in [1.54, 1.807) is 39.9 Å². The Labute approximate surface area is 204 Å². The van der Waals surface area contributed by atoms with Crippen LogP contribution in [0.25, 0.3) is 11.2 Å². The van der Waals surface area contributed by atoms with Crippen LogP contribution >= 0.6 is 11.6 Å². The van der Waals surface area contributed by atoms with Gasteiger partial charge in [0.15, 0.2) is 11.4 Å². The molecule has 1 aliphatic rings. The maximum Gasteiger partial charge on any atom is 0.339 e. The quantitative estimate of drug-likeness (QED) is 0.327. The second-order valence-corrected chi connectivity index (χ2v) is 9.34. The zero-order chi connectivity index (χ0) is 24.1. The summed E-state index contributed by atoms with van der Waals surface area (Å²) in [5.74, 6) is -0.591. The fourth-order valence-electron chi connectivity index (χ4n) is 4.39. The average Bonchev–Trinajstić information content (AvgIpc) is 3.25. The van der Waals surface area contributed by atoms with E-state index in [9.17, 15) is 14.7 Å². The molecule has 0 bridgehead atoms. The Morgan fingerprint density at radius 1 is 1.14 bits per heavy atom. The van der Waals surface area contributed by atoms with E-state index in [1.807, 2.05) is 29.1 Å². The van der Waals surface area contributed by atoms with E-state index in [0.717, 1.165) is 29.6 Å². The van der Waals surface area contributed by atoms with Crippen molar-refractivity contribution in [2.24, 2.45) is 0 Å². The number of rotatable bonds is 8. The predicted molar refractivity (Wildman–Crippen MR) is 128 cm³/mol. The Kier molecular flexibility index (Phi) is 5.14. The summed E-state index contributed by atoms with van der Waals surface area (Å²) >= 11 is 6.09. The molecule has 5 heterocycles. The Hall–Kier alpha value is -3.98. The van der Waals surface area contributed by atoms with Gasteiger partial charge in [0.1, 0.15) is 5.56 Å². The lowest BCUT2D eigenvalue weighted by Gasteiger charge is -2.03. The van der Waals surface area contributed by atoms with Crippen LogP contribution in [0.3, 0.4) is 0 Å². The number of aromatic carboxylic acids is 1. The van der Waals surface area contributed by atoms with Crippen LogP contribution in [-0.4, -0.2) is 45.4 Å². The maximum atomic E-state index is 12.8. The SMILES string of the molecule is O=C(CCc1ncn2ccc(Cl)cc12)c1cnn(Cc2cn3cc(C4CC4)cc(C(=O)O)c3n2)c1. The summed E-state index contributed by atoms with van der Waals surface area (Å²) in [6, 6.07) is 5.36. The second kappa shape index (κ2) is 8.35. The zero-order valence-corrected chi connectivity index (χ0v) is 19.4. The molecular formula is C25H21ClN6O3. The number of hydrogen-bond acceptors (Lipinski definition) is 5. The third-order valence-electron chi connectivity index (χ3n) is 6.35. The number of halogens is 1. The van der Waals surface area contributed by atoms with Crippen LogP contribution in [0.5, 0.6) is 0 Å². The normalized spacial score (nSPS) is 13.6. The first kappa shape index (κ1) is 21.5. The summed E-state index contributed by atoms with van der Waals surface area (Å²) in [5.41, 5.74) is 4.52. The molecule has 0 saturated heterocycles. The number of hydrogen-bond donors (Lipinski definition) is 1. The monoisotopic (exact) mass is 488 g/mol. The number of Topliss-reactive ketones (excluding diaryl/α,β-unsaturated/α-hetero) is 1. The van der Waals surface area contributed by atoms with Crippen molar-refractivity contribution >= 4 is 34.5 Å². The van der Waals surface area contributed by atoms with Gasteiger partial charge in [0, 0.05) is 36.2 Å². The fraction of sp³-hybridized carbons (Fsp3) is 0.240. The van der Waals surface area contributed by atoms with Gasteiger partial charge in [-0.05, 0) is 48.9 Å². The Balaban J connectivity index is 1.17. The molecule has 176 valence electrons.